The van der Waals surface area contributed by atoms with Crippen LogP contribution in [0.1, 0.15) is 63.9 Å². The Balaban J connectivity index is 2.22. The smallest absolute Gasteiger partial charge is 0.480 e. The molecule has 0 aromatic heterocycles. The van der Waals surface area contributed by atoms with Crippen molar-refractivity contribution in [2.75, 3.05) is 0 Å². The zero-order chi connectivity index (χ0) is 29.5. The number of hydrogen-bond acceptors (Lipinski definition) is 4. The highest BCUT2D eigenvalue weighted by molar-refractivity contribution is 7.46. The predicted octanol–water partition coefficient (Wildman–Crippen LogP) is 6.75. The van der Waals surface area contributed by atoms with Gasteiger partial charge in [0, 0.05) is 12.8 Å². The minimum atomic E-state index is -4.67. The Kier molecular flexibility index (Phi) is 18.5. The molecular weight excluding hydrogens is 529 g/mol. The maximum Gasteiger partial charge on any atom is 0.524 e. The Morgan fingerprint density at radius 3 is 1.68 bits per heavy atom. The average molecular weight is 572 g/mol. The average Bonchev–Trinajstić information content (AvgIpc) is 2.89. The van der Waals surface area contributed by atoms with Gasteiger partial charge in [-0.3, -0.25) is 14.6 Å². The highest BCUT2D eigenvalue weighted by Gasteiger charge is 2.20. The molecule has 0 saturated heterocycles. The largest absolute Gasteiger partial charge is 0.524 e. The summed E-state index contributed by atoms with van der Waals surface area (Å²) in [5.41, 5.74) is 0.572. The lowest BCUT2D eigenvalue weighted by atomic mass is 10.1. The number of allylic oxidation sites excluding steroid dienone is 12. The van der Waals surface area contributed by atoms with E-state index in [0.717, 1.165) is 38.5 Å². The van der Waals surface area contributed by atoms with Gasteiger partial charge in [0.25, 0.3) is 0 Å². The van der Waals surface area contributed by atoms with E-state index in [0.29, 0.717) is 12.0 Å². The van der Waals surface area contributed by atoms with Crippen molar-refractivity contribution in [1.29, 1.82) is 0 Å². The molecule has 218 valence electrons. The molecule has 8 nitrogen and oxygen atoms in total. The van der Waals surface area contributed by atoms with Crippen LogP contribution in [0.2, 0.25) is 0 Å². The lowest BCUT2D eigenvalue weighted by Gasteiger charge is -2.15. The Bertz CT molecular complexity index is 1100. The fraction of sp³-hybridized carbons (Fsp3) is 0.355. The van der Waals surface area contributed by atoms with Crippen LogP contribution in [-0.4, -0.2) is 32.8 Å². The first-order valence-corrected chi connectivity index (χ1v) is 15.0. The highest BCUT2D eigenvalue weighted by Crippen LogP contribution is 2.37. The van der Waals surface area contributed by atoms with Crippen molar-refractivity contribution in [3.8, 4) is 5.75 Å². The van der Waals surface area contributed by atoms with Crippen molar-refractivity contribution in [1.82, 2.24) is 5.32 Å². The standard InChI is InChI=1S/C31H42NO7P/c1-2-3-4-5-6-7-8-9-10-11-12-13-14-15-16-17-18-19-20-21-30(33)32-29(31(34)35)26-27-22-24-28(25-23-27)39-40(36,37)38/h3-4,6-7,9-10,12-13,15-16,18-19,22-25,29H,2,5,8,11,14,17,20-21,26H2,1H3,(H,32,33)(H,34,35)(H2,36,37,38)/t29-/m0/s1. The van der Waals surface area contributed by atoms with E-state index in [1.807, 2.05) is 12.2 Å². The molecule has 4 N–H and O–H groups in total. The van der Waals surface area contributed by atoms with E-state index in [1.165, 1.54) is 24.3 Å². The molecule has 0 aliphatic heterocycles. The third-order valence-electron chi connectivity index (χ3n) is 5.36. The number of carbonyl (C=O) groups is 2. The first kappa shape index (κ1) is 34.6. The number of nitrogens with one attached hydrogen (secondary N) is 1. The summed E-state index contributed by atoms with van der Waals surface area (Å²) in [6.07, 6.45) is 31.6. The second-order valence-electron chi connectivity index (χ2n) is 8.84. The molecule has 0 fully saturated rings. The molecule has 0 spiro atoms. The molecule has 0 unspecified atom stereocenters. The number of hydrogen-bond donors (Lipinski definition) is 4. The van der Waals surface area contributed by atoms with Gasteiger partial charge in [-0.2, -0.15) is 0 Å². The molecule has 1 amide bonds. The Labute approximate surface area is 237 Å². The number of amides is 1. The number of aliphatic carboxylic acids is 1. The van der Waals surface area contributed by atoms with E-state index < -0.39 is 19.8 Å². The van der Waals surface area contributed by atoms with Gasteiger partial charge in [-0.1, -0.05) is 92.0 Å². The Morgan fingerprint density at radius 2 is 1.25 bits per heavy atom. The van der Waals surface area contributed by atoms with Crippen LogP contribution < -0.4 is 9.84 Å². The van der Waals surface area contributed by atoms with Gasteiger partial charge >= 0.3 is 13.8 Å². The molecule has 0 heterocycles. The van der Waals surface area contributed by atoms with Crippen LogP contribution in [0.4, 0.5) is 0 Å². The lowest BCUT2D eigenvalue weighted by molar-refractivity contribution is -0.141. The van der Waals surface area contributed by atoms with Gasteiger partial charge in [0.2, 0.25) is 5.91 Å². The summed E-state index contributed by atoms with van der Waals surface area (Å²) in [7, 11) is -4.67. The lowest BCUT2D eigenvalue weighted by Crippen LogP contribution is -2.42. The van der Waals surface area contributed by atoms with Crippen LogP contribution >= 0.6 is 7.82 Å². The normalized spacial score (nSPS) is 13.5. The van der Waals surface area contributed by atoms with Gasteiger partial charge < -0.3 is 14.9 Å². The predicted molar refractivity (Wildman–Crippen MR) is 160 cm³/mol. The summed E-state index contributed by atoms with van der Waals surface area (Å²) < 4.78 is 15.3. The minimum Gasteiger partial charge on any atom is -0.480 e. The Morgan fingerprint density at radius 1 is 0.800 bits per heavy atom. The maximum absolute atomic E-state index is 12.2. The van der Waals surface area contributed by atoms with E-state index in [9.17, 15) is 19.3 Å². The summed E-state index contributed by atoms with van der Waals surface area (Å²) in [4.78, 5) is 41.4. The topological polar surface area (TPSA) is 133 Å². The highest BCUT2D eigenvalue weighted by atomic mass is 31.2. The van der Waals surface area contributed by atoms with E-state index in [4.69, 9.17) is 9.79 Å². The third kappa shape index (κ3) is 19.6. The number of carboxylic acid groups (broad SMARTS) is 1. The zero-order valence-electron chi connectivity index (χ0n) is 23.1. The number of carboxylic acids is 1. The molecule has 1 rings (SSSR count). The third-order valence-corrected chi connectivity index (χ3v) is 5.80. The van der Waals surface area contributed by atoms with E-state index in [1.54, 1.807) is 0 Å². The van der Waals surface area contributed by atoms with E-state index >= 15 is 0 Å². The number of phosphoric acid groups is 1. The monoisotopic (exact) mass is 571 g/mol. The molecule has 1 atom stereocenters. The Hall–Kier alpha value is -3.45. The molecule has 40 heavy (non-hydrogen) atoms. The van der Waals surface area contributed by atoms with Crippen molar-refractivity contribution in [3.05, 3.63) is 103 Å². The first-order valence-electron chi connectivity index (χ1n) is 13.5. The van der Waals surface area contributed by atoms with Crippen molar-refractivity contribution in [2.24, 2.45) is 0 Å². The van der Waals surface area contributed by atoms with Crippen LogP contribution in [0.3, 0.4) is 0 Å². The molecule has 0 radical (unpaired) electrons. The van der Waals surface area contributed by atoms with Crippen molar-refractivity contribution < 1.29 is 33.6 Å². The number of carbonyl (C=O) groups excluding carboxylic acids is 1. The first-order chi connectivity index (χ1) is 19.2. The minimum absolute atomic E-state index is 0.0250. The molecule has 1 aromatic rings. The quantitative estimate of drug-likeness (QED) is 0.101. The number of phosphoric ester groups is 1. The second kappa shape index (κ2) is 21.4. The van der Waals surface area contributed by atoms with Crippen LogP contribution in [0.5, 0.6) is 5.75 Å². The molecule has 0 aliphatic rings. The van der Waals surface area contributed by atoms with E-state index in [2.05, 4.69) is 77.5 Å². The van der Waals surface area contributed by atoms with Crippen molar-refractivity contribution >= 4 is 19.7 Å². The zero-order valence-corrected chi connectivity index (χ0v) is 24.0. The molecule has 9 heteroatoms. The van der Waals surface area contributed by atoms with Gasteiger partial charge in [0.1, 0.15) is 11.8 Å². The van der Waals surface area contributed by atoms with Gasteiger partial charge in [0.15, 0.2) is 0 Å². The SMILES string of the molecule is CCC=CCC=CCC=CCC=CCC=CCC=CCCC(=O)N[C@@H](Cc1ccc(OP(=O)(O)O)cc1)C(=O)O. The van der Waals surface area contributed by atoms with Crippen LogP contribution in [0.25, 0.3) is 0 Å². The van der Waals surface area contributed by atoms with Crippen LogP contribution in [0.15, 0.2) is 97.2 Å². The number of rotatable bonds is 20. The fourth-order valence-corrected chi connectivity index (χ4v) is 3.78. The molecule has 0 bridgehead atoms. The van der Waals surface area contributed by atoms with Gasteiger partial charge in [-0.25, -0.2) is 9.36 Å². The summed E-state index contributed by atoms with van der Waals surface area (Å²) in [6.45, 7) is 2.13. The van der Waals surface area contributed by atoms with E-state index in [-0.39, 0.29) is 24.5 Å². The molecule has 0 aliphatic carbocycles. The second-order valence-corrected chi connectivity index (χ2v) is 10.0. The van der Waals surface area contributed by atoms with Crippen LogP contribution in [0, 0.1) is 0 Å². The van der Waals surface area contributed by atoms with Crippen LogP contribution in [-0.2, 0) is 20.6 Å². The summed E-state index contributed by atoms with van der Waals surface area (Å²) in [6, 6.07) is 4.52. The number of benzene rings is 1. The van der Waals surface area contributed by atoms with Gasteiger partial charge in [-0.05, 0) is 62.6 Å². The fourth-order valence-electron chi connectivity index (χ4n) is 3.38. The molecular formula is C31H42NO7P. The maximum atomic E-state index is 12.2. The summed E-state index contributed by atoms with van der Waals surface area (Å²) in [5.74, 6) is -1.57. The van der Waals surface area contributed by atoms with Gasteiger partial charge in [0.05, 0.1) is 0 Å². The van der Waals surface area contributed by atoms with Gasteiger partial charge in [-0.15, -0.1) is 0 Å². The van der Waals surface area contributed by atoms with Crippen molar-refractivity contribution in [2.45, 2.75) is 70.8 Å². The van der Waals surface area contributed by atoms with Crippen molar-refractivity contribution in [3.63, 3.8) is 0 Å². The summed E-state index contributed by atoms with van der Waals surface area (Å²) in [5, 5.41) is 12.0. The summed E-state index contributed by atoms with van der Waals surface area (Å²) >= 11 is 0. The molecule has 0 saturated carbocycles. The molecule has 1 aromatic carbocycles.